The molecule has 0 bridgehead atoms. The van der Waals surface area contributed by atoms with E-state index in [2.05, 4.69) is 0 Å². The van der Waals surface area contributed by atoms with E-state index >= 15 is 0 Å². The average Bonchev–Trinajstić information content (AvgIpc) is 3.43. The first kappa shape index (κ1) is 24.6. The van der Waals surface area contributed by atoms with E-state index in [0.29, 0.717) is 33.0 Å². The number of rotatable bonds is 4. The number of halogens is 1. The number of Topliss-reactive ketones (excluding diaryl/α,β-unsaturated/α-hetero) is 3. The summed E-state index contributed by atoms with van der Waals surface area (Å²) >= 11 is 6.17. The molecule has 0 radical (unpaired) electrons. The third-order valence-corrected chi connectivity index (χ3v) is 8.82. The minimum atomic E-state index is -1.55. The van der Waals surface area contributed by atoms with E-state index in [1.165, 1.54) is 0 Å². The van der Waals surface area contributed by atoms with Crippen LogP contribution in [-0.4, -0.2) is 36.5 Å². The Morgan fingerprint density at radius 2 is 1.52 bits per heavy atom. The van der Waals surface area contributed by atoms with Crippen molar-refractivity contribution in [3.63, 3.8) is 0 Å². The molecule has 196 valence electrons. The minimum Gasteiger partial charge on any atom is -0.497 e. The molecule has 4 aromatic rings. The van der Waals surface area contributed by atoms with Crippen molar-refractivity contribution in [1.82, 2.24) is 0 Å². The molecule has 40 heavy (non-hydrogen) atoms. The first-order valence-electron chi connectivity index (χ1n) is 13.1. The molecule has 0 saturated carbocycles. The molecule has 1 saturated heterocycles. The van der Waals surface area contributed by atoms with Crippen LogP contribution in [0.4, 0.5) is 5.69 Å². The van der Waals surface area contributed by atoms with Gasteiger partial charge in [0.15, 0.2) is 17.3 Å². The molecule has 7 rings (SSSR count). The number of para-hydroxylation sites is 1. The summed E-state index contributed by atoms with van der Waals surface area (Å²) < 4.78 is 5.55. The Labute approximate surface area is 236 Å². The number of carbonyl (C=O) groups is 3. The Kier molecular flexibility index (Phi) is 5.55. The lowest BCUT2D eigenvalue weighted by Crippen LogP contribution is -2.48. The molecule has 0 amide bonds. The molecular formula is C34H24ClNO4. The van der Waals surface area contributed by atoms with E-state index in [-0.39, 0.29) is 17.3 Å². The van der Waals surface area contributed by atoms with Gasteiger partial charge in [-0.05, 0) is 53.6 Å². The number of methoxy groups -OCH3 is 1. The number of hydrogen-bond acceptors (Lipinski definition) is 5. The van der Waals surface area contributed by atoms with Crippen LogP contribution >= 0.6 is 11.6 Å². The highest BCUT2D eigenvalue weighted by atomic mass is 35.5. The summed E-state index contributed by atoms with van der Waals surface area (Å²) in [5.41, 5.74) is 2.13. The molecule has 2 aliphatic heterocycles. The van der Waals surface area contributed by atoms with Crippen LogP contribution in [0.5, 0.6) is 5.75 Å². The van der Waals surface area contributed by atoms with Crippen LogP contribution in [0.25, 0.3) is 6.08 Å². The highest BCUT2D eigenvalue weighted by Gasteiger charge is 2.71. The minimum absolute atomic E-state index is 0.187. The Balaban J connectivity index is 1.55. The molecule has 1 aliphatic carbocycles. The zero-order chi connectivity index (χ0) is 27.6. The van der Waals surface area contributed by atoms with Gasteiger partial charge >= 0.3 is 0 Å². The molecule has 6 heteroatoms. The van der Waals surface area contributed by atoms with Crippen molar-refractivity contribution in [2.45, 2.75) is 18.0 Å². The van der Waals surface area contributed by atoms with E-state index in [0.717, 1.165) is 11.3 Å². The summed E-state index contributed by atoms with van der Waals surface area (Å²) in [7, 11) is 1.57. The van der Waals surface area contributed by atoms with E-state index in [1.54, 1.807) is 55.6 Å². The van der Waals surface area contributed by atoms with E-state index in [1.807, 2.05) is 65.6 Å². The van der Waals surface area contributed by atoms with Gasteiger partial charge in [-0.15, -0.1) is 0 Å². The largest absolute Gasteiger partial charge is 0.497 e. The Morgan fingerprint density at radius 1 is 0.850 bits per heavy atom. The highest BCUT2D eigenvalue weighted by molar-refractivity contribution is 6.32. The van der Waals surface area contributed by atoms with Crippen molar-refractivity contribution in [1.29, 1.82) is 0 Å². The van der Waals surface area contributed by atoms with Crippen molar-refractivity contribution >= 4 is 40.7 Å². The van der Waals surface area contributed by atoms with Gasteiger partial charge in [-0.3, -0.25) is 14.4 Å². The lowest BCUT2D eigenvalue weighted by Gasteiger charge is -2.37. The fourth-order valence-corrected chi connectivity index (χ4v) is 7.04. The van der Waals surface area contributed by atoms with Gasteiger partial charge in [-0.1, -0.05) is 78.4 Å². The molecule has 5 nitrogen and oxygen atoms in total. The fraction of sp³-hybridized carbons (Fsp3) is 0.147. The molecule has 0 aromatic heterocycles. The van der Waals surface area contributed by atoms with E-state index in [4.69, 9.17) is 16.3 Å². The third kappa shape index (κ3) is 3.24. The van der Waals surface area contributed by atoms with Crippen LogP contribution in [0.1, 0.15) is 48.1 Å². The van der Waals surface area contributed by atoms with Crippen LogP contribution < -0.4 is 9.64 Å². The van der Waals surface area contributed by atoms with Gasteiger partial charge in [0.05, 0.1) is 13.2 Å². The predicted molar refractivity (Wildman–Crippen MR) is 155 cm³/mol. The van der Waals surface area contributed by atoms with Crippen LogP contribution in [0.3, 0.4) is 0 Å². The van der Waals surface area contributed by atoms with Gasteiger partial charge in [0.2, 0.25) is 0 Å². The number of ketones is 3. The Hall–Kier alpha value is -4.48. The molecule has 3 aliphatic rings. The molecule has 0 N–H and O–H groups in total. The van der Waals surface area contributed by atoms with Crippen LogP contribution in [0.15, 0.2) is 103 Å². The number of fused-ring (bicyclic) bond motifs is 5. The van der Waals surface area contributed by atoms with E-state index < -0.39 is 23.4 Å². The van der Waals surface area contributed by atoms with Crippen LogP contribution in [0.2, 0.25) is 5.02 Å². The van der Waals surface area contributed by atoms with Crippen molar-refractivity contribution in [3.8, 4) is 5.75 Å². The summed E-state index contributed by atoms with van der Waals surface area (Å²) in [4.78, 5) is 45.9. The van der Waals surface area contributed by atoms with Crippen molar-refractivity contribution in [2.24, 2.45) is 5.41 Å². The first-order valence-corrected chi connectivity index (χ1v) is 13.5. The number of anilines is 1. The van der Waals surface area contributed by atoms with Crippen molar-refractivity contribution in [2.75, 3.05) is 12.0 Å². The second-order valence-corrected chi connectivity index (χ2v) is 10.8. The molecule has 1 unspecified atom stereocenters. The second kappa shape index (κ2) is 9.04. The van der Waals surface area contributed by atoms with Gasteiger partial charge in [-0.25, -0.2) is 0 Å². The predicted octanol–water partition coefficient (Wildman–Crippen LogP) is 6.66. The lowest BCUT2D eigenvalue weighted by atomic mass is 9.64. The maximum absolute atomic E-state index is 14.6. The quantitative estimate of drug-likeness (QED) is 0.212. The molecule has 2 heterocycles. The number of nitrogens with zero attached hydrogens (tertiary/aromatic N) is 1. The normalized spacial score (nSPS) is 21.8. The van der Waals surface area contributed by atoms with Crippen LogP contribution in [-0.2, 0) is 0 Å². The zero-order valence-electron chi connectivity index (χ0n) is 21.6. The van der Waals surface area contributed by atoms with Gasteiger partial charge in [0.25, 0.3) is 0 Å². The van der Waals surface area contributed by atoms with E-state index in [9.17, 15) is 14.4 Å². The van der Waals surface area contributed by atoms with Crippen LogP contribution in [0, 0.1) is 5.41 Å². The molecule has 1 spiro atoms. The zero-order valence-corrected chi connectivity index (χ0v) is 22.3. The Bertz CT molecular complexity index is 1710. The fourth-order valence-electron chi connectivity index (χ4n) is 6.91. The number of hydrogen-bond donors (Lipinski definition) is 0. The summed E-state index contributed by atoms with van der Waals surface area (Å²) in [6.45, 7) is 0. The van der Waals surface area contributed by atoms with Gasteiger partial charge in [0.1, 0.15) is 17.2 Å². The first-order chi connectivity index (χ1) is 19.5. The maximum Gasteiger partial charge on any atom is 0.185 e. The standard InChI is InChI=1S/C34H24ClNO4/c1-40-24-9-6-8-22(19-24)29-30(31(37)21-13-16-23(35)17-14-21)36-27-12-5-2-7-20(27)15-18-28(36)34(29)32(38)25-10-3-4-11-26(25)33(34)39/h2-19,28-30H,1H3/t28?,29-,30+/m0/s1. The lowest BCUT2D eigenvalue weighted by molar-refractivity contribution is 0.0665. The second-order valence-electron chi connectivity index (χ2n) is 10.4. The summed E-state index contributed by atoms with van der Waals surface area (Å²) in [5, 5.41) is 0.518. The number of ether oxygens (including phenoxy) is 1. The number of benzene rings is 4. The summed E-state index contributed by atoms with van der Waals surface area (Å²) in [6.07, 6.45) is 3.88. The average molecular weight is 546 g/mol. The van der Waals surface area contributed by atoms with Crippen molar-refractivity contribution < 1.29 is 19.1 Å². The van der Waals surface area contributed by atoms with Gasteiger partial charge in [0, 0.05) is 33.3 Å². The number of carbonyl (C=O) groups excluding carboxylic acids is 3. The monoisotopic (exact) mass is 545 g/mol. The Morgan fingerprint density at radius 3 is 2.23 bits per heavy atom. The van der Waals surface area contributed by atoms with Crippen molar-refractivity contribution in [3.05, 3.63) is 136 Å². The third-order valence-electron chi connectivity index (χ3n) is 8.56. The highest BCUT2D eigenvalue weighted by Crippen LogP contribution is 2.61. The van der Waals surface area contributed by atoms with Gasteiger partial charge in [-0.2, -0.15) is 0 Å². The molecular weight excluding hydrogens is 522 g/mol. The molecule has 4 aromatic carbocycles. The SMILES string of the molecule is COc1cccc([C@H]2[C@H](C(=O)c3ccc(Cl)cc3)N3c4ccccc4C=CC3C23C(=O)c2ccccc2C3=O)c1. The topological polar surface area (TPSA) is 63.7 Å². The molecule has 1 fully saturated rings. The summed E-state index contributed by atoms with van der Waals surface area (Å²) in [5.74, 6) is -0.911. The maximum atomic E-state index is 14.6. The summed E-state index contributed by atoms with van der Waals surface area (Å²) in [6, 6.07) is 27.4. The smallest absolute Gasteiger partial charge is 0.185 e. The van der Waals surface area contributed by atoms with Gasteiger partial charge < -0.3 is 9.64 Å². The molecule has 3 atom stereocenters.